The van der Waals surface area contributed by atoms with Gasteiger partial charge in [-0.1, -0.05) is 26.0 Å². The first-order valence-corrected chi connectivity index (χ1v) is 7.92. The molecule has 0 aromatic heterocycles. The average molecular weight is 363 g/mol. The zero-order valence-electron chi connectivity index (χ0n) is 12.2. The summed E-state index contributed by atoms with van der Waals surface area (Å²) in [5.74, 6) is -0.495. The van der Waals surface area contributed by atoms with Crippen LogP contribution >= 0.6 is 0 Å². The van der Waals surface area contributed by atoms with Crippen LogP contribution in [0.2, 0.25) is 0 Å². The molecule has 0 aliphatic rings. The maximum atomic E-state index is 12.9. The van der Waals surface area contributed by atoms with Crippen LogP contribution in [0.3, 0.4) is 0 Å². The molecule has 1 aromatic carbocycles. The summed E-state index contributed by atoms with van der Waals surface area (Å²) in [6.07, 6.45) is -9.86. The number of rotatable bonds is 5. The summed E-state index contributed by atoms with van der Waals surface area (Å²) in [6.45, 7) is 0.539. The van der Waals surface area contributed by atoms with Crippen LogP contribution in [-0.2, 0) is 16.2 Å². The van der Waals surface area contributed by atoms with Crippen molar-refractivity contribution in [2.24, 2.45) is 5.92 Å². The van der Waals surface area contributed by atoms with Gasteiger partial charge in [-0.2, -0.15) is 30.6 Å². The molecule has 0 atom stereocenters. The molecular weight excluding hydrogens is 348 g/mol. The lowest BCUT2D eigenvalue weighted by atomic mass is 10.2. The molecule has 0 bridgehead atoms. The Morgan fingerprint density at radius 2 is 1.57 bits per heavy atom. The van der Waals surface area contributed by atoms with Gasteiger partial charge in [-0.3, -0.25) is 0 Å². The summed E-state index contributed by atoms with van der Waals surface area (Å²) in [5, 5.41) is 0. The molecule has 0 fully saturated rings. The Kier molecular flexibility index (Phi) is 5.74. The number of hydrogen-bond donors (Lipinski definition) is 0. The minimum atomic E-state index is -4.99. The predicted octanol–water partition coefficient (Wildman–Crippen LogP) is 3.91. The van der Waals surface area contributed by atoms with Gasteiger partial charge in [0, 0.05) is 6.54 Å². The van der Waals surface area contributed by atoms with Gasteiger partial charge in [0.1, 0.15) is 6.54 Å². The number of benzene rings is 1. The Morgan fingerprint density at radius 1 is 1.04 bits per heavy atom. The highest BCUT2D eigenvalue weighted by atomic mass is 32.2. The normalized spacial score (nSPS) is 13.8. The Morgan fingerprint density at radius 3 is 2.00 bits per heavy atom. The van der Waals surface area contributed by atoms with Crippen molar-refractivity contribution < 1.29 is 34.8 Å². The quantitative estimate of drug-likeness (QED) is 0.744. The molecule has 0 aliphatic heterocycles. The Labute approximate surface area is 129 Å². The van der Waals surface area contributed by atoms with Crippen molar-refractivity contribution in [3.05, 3.63) is 29.8 Å². The van der Waals surface area contributed by atoms with Gasteiger partial charge in [0.25, 0.3) is 0 Å². The number of sulfonamides is 1. The second-order valence-corrected chi connectivity index (χ2v) is 7.21. The third kappa shape index (κ3) is 5.38. The highest BCUT2D eigenvalue weighted by Crippen LogP contribution is 2.35. The van der Waals surface area contributed by atoms with Crippen molar-refractivity contribution in [2.45, 2.75) is 31.1 Å². The smallest absolute Gasteiger partial charge is 0.207 e. The van der Waals surface area contributed by atoms with Crippen molar-refractivity contribution >= 4 is 10.0 Å². The Hall–Kier alpha value is -1.29. The van der Waals surface area contributed by atoms with Crippen LogP contribution in [0.15, 0.2) is 29.2 Å². The molecule has 0 radical (unpaired) electrons. The molecule has 0 unspecified atom stereocenters. The summed E-state index contributed by atoms with van der Waals surface area (Å²) in [6, 6.07) is 3.18. The van der Waals surface area contributed by atoms with Gasteiger partial charge in [-0.05, 0) is 18.1 Å². The molecule has 1 aromatic rings. The molecule has 23 heavy (non-hydrogen) atoms. The lowest BCUT2D eigenvalue weighted by molar-refractivity contribution is -0.140. The minimum Gasteiger partial charge on any atom is -0.207 e. The topological polar surface area (TPSA) is 37.4 Å². The van der Waals surface area contributed by atoms with Gasteiger partial charge in [-0.15, -0.1) is 0 Å². The van der Waals surface area contributed by atoms with E-state index in [1.807, 2.05) is 0 Å². The maximum Gasteiger partial charge on any atom is 0.417 e. The SMILES string of the molecule is CC(C)CN(CC(F)(F)F)S(=O)(=O)c1ccccc1C(F)(F)F. The standard InChI is InChI=1S/C13H15F6NO2S/c1-9(2)7-20(8-12(14,15)16)23(21,22)11-6-4-3-5-10(11)13(17,18)19/h3-6,9H,7-8H2,1-2H3. The molecule has 0 heterocycles. The first-order chi connectivity index (χ1) is 10.2. The Balaban J connectivity index is 3.42. The van der Waals surface area contributed by atoms with Gasteiger partial charge in [0.15, 0.2) is 0 Å². The molecule has 10 heteroatoms. The average Bonchev–Trinajstić information content (AvgIpc) is 2.34. The molecule has 3 nitrogen and oxygen atoms in total. The molecule has 0 saturated heterocycles. The van der Waals surface area contributed by atoms with Gasteiger partial charge < -0.3 is 0 Å². The van der Waals surface area contributed by atoms with Crippen LogP contribution in [0.5, 0.6) is 0 Å². The van der Waals surface area contributed by atoms with E-state index >= 15 is 0 Å². The summed E-state index contributed by atoms with van der Waals surface area (Å²) >= 11 is 0. The number of alkyl halides is 6. The predicted molar refractivity (Wildman–Crippen MR) is 71.1 cm³/mol. The summed E-state index contributed by atoms with van der Waals surface area (Å²) < 4.78 is 101. The fourth-order valence-electron chi connectivity index (χ4n) is 1.92. The molecule has 1 rings (SSSR count). The van der Waals surface area contributed by atoms with E-state index < -0.39 is 51.8 Å². The van der Waals surface area contributed by atoms with Crippen molar-refractivity contribution in [3.63, 3.8) is 0 Å². The van der Waals surface area contributed by atoms with E-state index in [0.717, 1.165) is 12.1 Å². The largest absolute Gasteiger partial charge is 0.417 e. The van der Waals surface area contributed by atoms with E-state index in [1.165, 1.54) is 13.8 Å². The molecule has 132 valence electrons. The van der Waals surface area contributed by atoms with Crippen molar-refractivity contribution in [3.8, 4) is 0 Å². The van der Waals surface area contributed by atoms with Crippen LogP contribution < -0.4 is 0 Å². The molecule has 0 aliphatic carbocycles. The second kappa shape index (κ2) is 6.68. The molecule has 0 saturated carbocycles. The van der Waals surface area contributed by atoms with Crippen LogP contribution in [0.4, 0.5) is 26.3 Å². The molecule has 0 N–H and O–H groups in total. The van der Waals surface area contributed by atoms with Crippen LogP contribution in [0, 0.1) is 5.92 Å². The van der Waals surface area contributed by atoms with Crippen LogP contribution in [0.1, 0.15) is 19.4 Å². The van der Waals surface area contributed by atoms with E-state index in [1.54, 1.807) is 0 Å². The van der Waals surface area contributed by atoms with E-state index in [-0.39, 0.29) is 4.31 Å². The third-order valence-corrected chi connectivity index (χ3v) is 4.60. The zero-order valence-corrected chi connectivity index (χ0v) is 13.1. The van der Waals surface area contributed by atoms with Gasteiger partial charge in [0.05, 0.1) is 10.5 Å². The summed E-state index contributed by atoms with van der Waals surface area (Å²) in [7, 11) is -4.95. The fraction of sp³-hybridized carbons (Fsp3) is 0.538. The number of halogens is 6. The van der Waals surface area contributed by atoms with Crippen LogP contribution in [0.25, 0.3) is 0 Å². The number of nitrogens with zero attached hydrogens (tertiary/aromatic N) is 1. The maximum absolute atomic E-state index is 12.9. The van der Waals surface area contributed by atoms with Gasteiger partial charge in [0.2, 0.25) is 10.0 Å². The second-order valence-electron chi connectivity index (χ2n) is 5.30. The van der Waals surface area contributed by atoms with E-state index in [2.05, 4.69) is 0 Å². The van der Waals surface area contributed by atoms with Gasteiger partial charge >= 0.3 is 12.4 Å². The third-order valence-electron chi connectivity index (χ3n) is 2.73. The van der Waals surface area contributed by atoms with E-state index in [0.29, 0.717) is 12.1 Å². The fourth-order valence-corrected chi connectivity index (χ4v) is 3.72. The van der Waals surface area contributed by atoms with Crippen LogP contribution in [-0.4, -0.2) is 32.0 Å². The van der Waals surface area contributed by atoms with E-state index in [9.17, 15) is 34.8 Å². The number of hydrogen-bond acceptors (Lipinski definition) is 2. The Bertz CT molecular complexity index is 637. The zero-order chi connectivity index (χ0) is 18.1. The summed E-state index contributed by atoms with van der Waals surface area (Å²) in [5.41, 5.74) is -1.49. The highest BCUT2D eigenvalue weighted by molar-refractivity contribution is 7.89. The lowest BCUT2D eigenvalue weighted by Gasteiger charge is -2.26. The first-order valence-electron chi connectivity index (χ1n) is 6.48. The minimum absolute atomic E-state index is 0.0300. The van der Waals surface area contributed by atoms with Gasteiger partial charge in [-0.25, -0.2) is 8.42 Å². The van der Waals surface area contributed by atoms with Crippen molar-refractivity contribution in [2.75, 3.05) is 13.1 Å². The van der Waals surface area contributed by atoms with Crippen molar-refractivity contribution in [1.29, 1.82) is 0 Å². The molecule has 0 amide bonds. The molecule has 0 spiro atoms. The monoisotopic (exact) mass is 363 g/mol. The van der Waals surface area contributed by atoms with Crippen molar-refractivity contribution in [1.82, 2.24) is 4.31 Å². The first kappa shape index (κ1) is 19.8. The summed E-state index contributed by atoms with van der Waals surface area (Å²) in [4.78, 5) is -1.18. The molecular formula is C13H15F6NO2S. The highest BCUT2D eigenvalue weighted by Gasteiger charge is 2.42. The lowest BCUT2D eigenvalue weighted by Crippen LogP contribution is -2.41. The van der Waals surface area contributed by atoms with E-state index in [4.69, 9.17) is 0 Å².